The Labute approximate surface area is 147 Å². The molecular weight excluding hydrogens is 324 g/mol. The van der Waals surface area contributed by atoms with Crippen molar-refractivity contribution in [3.63, 3.8) is 0 Å². The first-order chi connectivity index (χ1) is 11.3. The summed E-state index contributed by atoms with van der Waals surface area (Å²) in [5, 5.41) is 7.94. The molecule has 2 aliphatic rings. The molecule has 1 aromatic carbocycles. The predicted molar refractivity (Wildman–Crippen MR) is 97.7 cm³/mol. The van der Waals surface area contributed by atoms with Crippen LogP contribution in [0, 0.1) is 0 Å². The van der Waals surface area contributed by atoms with Crippen LogP contribution in [-0.2, 0) is 5.41 Å². The zero-order chi connectivity index (χ0) is 15.7. The van der Waals surface area contributed by atoms with Crippen LogP contribution in [0.3, 0.4) is 0 Å². The highest BCUT2D eigenvalue weighted by Crippen LogP contribution is 2.47. The van der Waals surface area contributed by atoms with Crippen LogP contribution < -0.4 is 5.32 Å². The predicted octanol–water partition coefficient (Wildman–Crippen LogP) is 5.12. The number of thiazole rings is 1. The molecule has 2 fully saturated rings. The molecule has 1 aliphatic carbocycles. The molecule has 1 N–H and O–H groups in total. The third-order valence-corrected chi connectivity index (χ3v) is 6.81. The van der Waals surface area contributed by atoms with E-state index in [0.29, 0.717) is 5.92 Å². The lowest BCUT2D eigenvalue weighted by Crippen LogP contribution is -2.27. The molecule has 2 aromatic rings. The van der Waals surface area contributed by atoms with E-state index in [2.05, 4.69) is 22.8 Å². The van der Waals surface area contributed by atoms with Gasteiger partial charge in [0.1, 0.15) is 0 Å². The number of benzene rings is 1. The number of nitrogens with zero attached hydrogens (tertiary/aromatic N) is 1. The largest absolute Gasteiger partial charge is 0.317 e. The summed E-state index contributed by atoms with van der Waals surface area (Å²) in [5.74, 6) is 0.652. The van der Waals surface area contributed by atoms with Crippen LogP contribution >= 0.6 is 22.9 Å². The van der Waals surface area contributed by atoms with Gasteiger partial charge in [-0.1, -0.05) is 36.6 Å². The Kier molecular flexibility index (Phi) is 4.44. The van der Waals surface area contributed by atoms with Crippen molar-refractivity contribution in [2.24, 2.45) is 0 Å². The van der Waals surface area contributed by atoms with Crippen molar-refractivity contribution >= 4 is 22.9 Å². The van der Waals surface area contributed by atoms with Crippen LogP contribution in [0.5, 0.6) is 0 Å². The van der Waals surface area contributed by atoms with Crippen molar-refractivity contribution in [1.29, 1.82) is 0 Å². The van der Waals surface area contributed by atoms with E-state index in [9.17, 15) is 0 Å². The molecule has 0 unspecified atom stereocenters. The molecule has 0 bridgehead atoms. The fourth-order valence-corrected chi connectivity index (χ4v) is 5.42. The Morgan fingerprint density at radius 3 is 2.48 bits per heavy atom. The van der Waals surface area contributed by atoms with Crippen molar-refractivity contribution in [3.05, 3.63) is 50.9 Å². The molecule has 122 valence electrons. The molecule has 0 amide bonds. The van der Waals surface area contributed by atoms with Crippen LogP contribution in [-0.4, -0.2) is 18.1 Å². The van der Waals surface area contributed by atoms with Gasteiger partial charge in [0.2, 0.25) is 0 Å². The highest BCUT2D eigenvalue weighted by Gasteiger charge is 2.39. The van der Waals surface area contributed by atoms with Crippen molar-refractivity contribution < 1.29 is 0 Å². The molecule has 0 atom stereocenters. The van der Waals surface area contributed by atoms with Crippen LogP contribution in [0.2, 0.25) is 5.02 Å². The Morgan fingerprint density at radius 2 is 1.78 bits per heavy atom. The second kappa shape index (κ2) is 6.54. The molecule has 1 aromatic heterocycles. The number of rotatable bonds is 3. The zero-order valence-corrected chi connectivity index (χ0v) is 14.9. The summed E-state index contributed by atoms with van der Waals surface area (Å²) in [5.41, 5.74) is 2.81. The average Bonchev–Trinajstić information content (AvgIpc) is 3.26. The maximum Gasteiger partial charge on any atom is 0.0960 e. The third-order valence-electron chi connectivity index (χ3n) is 5.55. The minimum Gasteiger partial charge on any atom is -0.317 e. The van der Waals surface area contributed by atoms with E-state index in [1.165, 1.54) is 54.8 Å². The molecule has 4 heteroatoms. The Balaban J connectivity index is 1.68. The van der Waals surface area contributed by atoms with Crippen molar-refractivity contribution in [2.45, 2.75) is 49.9 Å². The van der Waals surface area contributed by atoms with Gasteiger partial charge in [0.25, 0.3) is 0 Å². The minimum atomic E-state index is 0.117. The number of hydrogen-bond donors (Lipinski definition) is 1. The smallest absolute Gasteiger partial charge is 0.0960 e. The number of piperidine rings is 1. The lowest BCUT2D eigenvalue weighted by Gasteiger charge is -2.28. The van der Waals surface area contributed by atoms with Gasteiger partial charge < -0.3 is 5.32 Å². The van der Waals surface area contributed by atoms with E-state index in [1.54, 1.807) is 0 Å². The topological polar surface area (TPSA) is 24.9 Å². The summed E-state index contributed by atoms with van der Waals surface area (Å²) >= 11 is 7.97. The molecule has 23 heavy (non-hydrogen) atoms. The SMILES string of the molecule is Clc1ccc(C2(c3csc(C4CCNCC4)n3)CCCC2)cc1. The van der Waals surface area contributed by atoms with Gasteiger partial charge in [0.05, 0.1) is 10.7 Å². The maximum absolute atomic E-state index is 6.10. The van der Waals surface area contributed by atoms with Crippen LogP contribution in [0.25, 0.3) is 0 Å². The summed E-state index contributed by atoms with van der Waals surface area (Å²) in [6, 6.07) is 8.46. The van der Waals surface area contributed by atoms with E-state index in [4.69, 9.17) is 16.6 Å². The average molecular weight is 347 g/mol. The molecule has 2 heterocycles. The van der Waals surface area contributed by atoms with Crippen LogP contribution in [0.4, 0.5) is 0 Å². The summed E-state index contributed by atoms with van der Waals surface area (Å²) in [4.78, 5) is 5.14. The van der Waals surface area contributed by atoms with Crippen molar-refractivity contribution in [1.82, 2.24) is 10.3 Å². The van der Waals surface area contributed by atoms with E-state index in [-0.39, 0.29) is 5.41 Å². The minimum absolute atomic E-state index is 0.117. The Morgan fingerprint density at radius 1 is 1.09 bits per heavy atom. The van der Waals surface area contributed by atoms with E-state index in [1.807, 2.05) is 23.5 Å². The second-order valence-electron chi connectivity index (χ2n) is 6.89. The zero-order valence-electron chi connectivity index (χ0n) is 13.4. The number of halogens is 1. The monoisotopic (exact) mass is 346 g/mol. The number of nitrogens with one attached hydrogen (secondary N) is 1. The molecule has 0 radical (unpaired) electrons. The van der Waals surface area contributed by atoms with Gasteiger partial charge in [-0.15, -0.1) is 11.3 Å². The quantitative estimate of drug-likeness (QED) is 0.833. The van der Waals surface area contributed by atoms with Gasteiger partial charge in [0.15, 0.2) is 0 Å². The van der Waals surface area contributed by atoms with E-state index < -0.39 is 0 Å². The Hall–Kier alpha value is -0.900. The molecule has 1 aliphatic heterocycles. The molecule has 1 saturated heterocycles. The van der Waals surface area contributed by atoms with Crippen LogP contribution in [0.1, 0.15) is 60.7 Å². The third kappa shape index (κ3) is 2.95. The molecule has 0 spiro atoms. The Bertz CT molecular complexity index is 652. The first-order valence-corrected chi connectivity index (χ1v) is 9.96. The summed E-state index contributed by atoms with van der Waals surface area (Å²) in [6.07, 6.45) is 7.46. The highest BCUT2D eigenvalue weighted by molar-refractivity contribution is 7.09. The summed E-state index contributed by atoms with van der Waals surface area (Å²) in [7, 11) is 0. The van der Waals surface area contributed by atoms with Crippen molar-refractivity contribution in [3.8, 4) is 0 Å². The fourth-order valence-electron chi connectivity index (χ4n) is 4.20. The lowest BCUT2D eigenvalue weighted by molar-refractivity contribution is 0.454. The summed E-state index contributed by atoms with van der Waals surface area (Å²) < 4.78 is 0. The van der Waals surface area contributed by atoms with Gasteiger partial charge >= 0.3 is 0 Å². The molecular formula is C19H23ClN2S. The van der Waals surface area contributed by atoms with Crippen molar-refractivity contribution in [2.75, 3.05) is 13.1 Å². The van der Waals surface area contributed by atoms with Gasteiger partial charge in [-0.3, -0.25) is 0 Å². The molecule has 1 saturated carbocycles. The maximum atomic E-state index is 6.10. The van der Waals surface area contributed by atoms with Crippen LogP contribution in [0.15, 0.2) is 29.6 Å². The molecule has 4 rings (SSSR count). The highest BCUT2D eigenvalue weighted by atomic mass is 35.5. The lowest BCUT2D eigenvalue weighted by atomic mass is 9.76. The first kappa shape index (κ1) is 15.6. The molecule has 2 nitrogen and oxygen atoms in total. The normalized spacial score (nSPS) is 21.6. The van der Waals surface area contributed by atoms with E-state index >= 15 is 0 Å². The van der Waals surface area contributed by atoms with Gasteiger partial charge in [-0.2, -0.15) is 0 Å². The van der Waals surface area contributed by atoms with Gasteiger partial charge in [-0.05, 0) is 56.5 Å². The number of hydrogen-bond acceptors (Lipinski definition) is 3. The fraction of sp³-hybridized carbons (Fsp3) is 0.526. The second-order valence-corrected chi connectivity index (χ2v) is 8.22. The van der Waals surface area contributed by atoms with E-state index in [0.717, 1.165) is 18.1 Å². The number of aromatic nitrogens is 1. The standard InChI is InChI=1S/C19H23ClN2S/c20-16-5-3-15(4-6-16)19(9-1-2-10-19)17-13-23-18(22-17)14-7-11-21-12-8-14/h3-6,13-14,21H,1-2,7-12H2. The van der Waals surface area contributed by atoms with Gasteiger partial charge in [0, 0.05) is 21.7 Å². The summed E-state index contributed by atoms with van der Waals surface area (Å²) in [6.45, 7) is 2.25. The first-order valence-electron chi connectivity index (χ1n) is 8.71. The van der Waals surface area contributed by atoms with Gasteiger partial charge in [-0.25, -0.2) is 4.98 Å².